The van der Waals surface area contributed by atoms with Crippen molar-refractivity contribution in [3.8, 4) is 0 Å². The molecule has 0 aliphatic carbocycles. The van der Waals surface area contributed by atoms with E-state index in [1.54, 1.807) is 0 Å². The molecule has 1 aliphatic heterocycles. The average molecular weight is 295 g/mol. The zero-order chi connectivity index (χ0) is 15.5. The van der Waals surface area contributed by atoms with Crippen LogP contribution in [0.1, 0.15) is 33.2 Å². The Morgan fingerprint density at radius 3 is 2.73 bits per heavy atom. The number of hydrogen-bond donors (Lipinski definition) is 0. The van der Waals surface area contributed by atoms with Crippen LogP contribution in [0.4, 0.5) is 0 Å². The molecule has 3 heteroatoms. The maximum Gasteiger partial charge on any atom is 0.254 e. The number of morpholine rings is 1. The zero-order valence-electron chi connectivity index (χ0n) is 13.1. The lowest BCUT2D eigenvalue weighted by atomic mass is 10.0. The number of benzene rings is 2. The Balaban J connectivity index is 1.78. The molecule has 1 atom stereocenters. The maximum absolute atomic E-state index is 12.7. The van der Waals surface area contributed by atoms with Crippen molar-refractivity contribution < 1.29 is 9.53 Å². The number of hydrogen-bond acceptors (Lipinski definition) is 2. The Labute approximate surface area is 131 Å². The molecule has 0 aromatic heterocycles. The number of nitrogens with zero attached hydrogens (tertiary/aromatic N) is 1. The molecule has 0 spiro atoms. The predicted molar refractivity (Wildman–Crippen MR) is 87.0 cm³/mol. The minimum atomic E-state index is -0.0382. The Morgan fingerprint density at radius 1 is 1.14 bits per heavy atom. The van der Waals surface area contributed by atoms with Gasteiger partial charge in [-0.2, -0.15) is 0 Å². The number of ether oxygens (including phenoxy) is 1. The van der Waals surface area contributed by atoms with Gasteiger partial charge in [0, 0.05) is 12.1 Å². The molecule has 0 N–H and O–H groups in total. The van der Waals surface area contributed by atoms with Gasteiger partial charge in [0.25, 0.3) is 5.91 Å². The zero-order valence-corrected chi connectivity index (χ0v) is 13.1. The van der Waals surface area contributed by atoms with Gasteiger partial charge >= 0.3 is 0 Å². The van der Waals surface area contributed by atoms with Crippen molar-refractivity contribution in [3.63, 3.8) is 0 Å². The summed E-state index contributed by atoms with van der Waals surface area (Å²) in [6.45, 7) is 5.93. The van der Waals surface area contributed by atoms with E-state index >= 15 is 0 Å². The molecule has 0 radical (unpaired) electrons. The highest BCUT2D eigenvalue weighted by Crippen LogP contribution is 2.25. The van der Waals surface area contributed by atoms with E-state index < -0.39 is 0 Å². The first-order valence-electron chi connectivity index (χ1n) is 7.68. The van der Waals surface area contributed by atoms with Gasteiger partial charge in [-0.3, -0.25) is 4.79 Å². The van der Waals surface area contributed by atoms with Crippen LogP contribution in [0.2, 0.25) is 0 Å². The SMILES string of the molecule is Cc1cccc(C(=O)N2CCOC(c3ccccc3C)C2)c1. The second-order valence-corrected chi connectivity index (χ2v) is 5.84. The van der Waals surface area contributed by atoms with Crippen LogP contribution in [0.5, 0.6) is 0 Å². The van der Waals surface area contributed by atoms with Gasteiger partial charge in [0.05, 0.1) is 13.2 Å². The first-order chi connectivity index (χ1) is 10.6. The van der Waals surface area contributed by atoms with Crippen molar-refractivity contribution in [3.05, 3.63) is 70.8 Å². The van der Waals surface area contributed by atoms with Gasteiger partial charge in [-0.25, -0.2) is 0 Å². The van der Waals surface area contributed by atoms with Gasteiger partial charge in [0.1, 0.15) is 6.10 Å². The second kappa shape index (κ2) is 6.32. The van der Waals surface area contributed by atoms with Crippen molar-refractivity contribution >= 4 is 5.91 Å². The van der Waals surface area contributed by atoms with Crippen molar-refractivity contribution in [1.82, 2.24) is 4.90 Å². The summed E-state index contributed by atoms with van der Waals surface area (Å²) in [6, 6.07) is 16.0. The van der Waals surface area contributed by atoms with Crippen LogP contribution in [0.3, 0.4) is 0 Å². The molecule has 1 amide bonds. The smallest absolute Gasteiger partial charge is 0.254 e. The molecule has 3 rings (SSSR count). The third-order valence-corrected chi connectivity index (χ3v) is 4.15. The quantitative estimate of drug-likeness (QED) is 0.848. The van der Waals surface area contributed by atoms with Crippen LogP contribution in [-0.2, 0) is 4.74 Å². The van der Waals surface area contributed by atoms with Gasteiger partial charge in [0.2, 0.25) is 0 Å². The molecule has 3 nitrogen and oxygen atoms in total. The lowest BCUT2D eigenvalue weighted by Crippen LogP contribution is -2.42. The molecular formula is C19H21NO2. The summed E-state index contributed by atoms with van der Waals surface area (Å²) in [6.07, 6.45) is -0.0382. The Morgan fingerprint density at radius 2 is 1.95 bits per heavy atom. The highest BCUT2D eigenvalue weighted by Gasteiger charge is 2.26. The fourth-order valence-electron chi connectivity index (χ4n) is 2.93. The predicted octanol–water partition coefficient (Wildman–Crippen LogP) is 3.52. The standard InChI is InChI=1S/C19H21NO2/c1-14-6-5-8-16(12-14)19(21)20-10-11-22-18(13-20)17-9-4-3-7-15(17)2/h3-9,12,18H,10-11,13H2,1-2H3. The summed E-state index contributed by atoms with van der Waals surface area (Å²) in [5.74, 6) is 0.0885. The molecule has 22 heavy (non-hydrogen) atoms. The summed E-state index contributed by atoms with van der Waals surface area (Å²) in [7, 11) is 0. The molecule has 114 valence electrons. The van der Waals surface area contributed by atoms with E-state index in [4.69, 9.17) is 4.74 Å². The van der Waals surface area contributed by atoms with Crippen molar-refractivity contribution in [2.24, 2.45) is 0 Å². The molecule has 2 aromatic rings. The minimum Gasteiger partial charge on any atom is -0.370 e. The first kappa shape index (κ1) is 14.8. The van der Waals surface area contributed by atoms with E-state index in [1.807, 2.05) is 48.2 Å². The van der Waals surface area contributed by atoms with E-state index in [1.165, 1.54) is 11.1 Å². The van der Waals surface area contributed by atoms with E-state index in [0.29, 0.717) is 19.7 Å². The molecule has 1 saturated heterocycles. The van der Waals surface area contributed by atoms with E-state index in [-0.39, 0.29) is 12.0 Å². The number of carbonyl (C=O) groups excluding carboxylic acids is 1. The topological polar surface area (TPSA) is 29.5 Å². The van der Waals surface area contributed by atoms with Gasteiger partial charge in [-0.15, -0.1) is 0 Å². The van der Waals surface area contributed by atoms with Crippen LogP contribution in [-0.4, -0.2) is 30.5 Å². The van der Waals surface area contributed by atoms with Crippen LogP contribution < -0.4 is 0 Å². The summed E-state index contributed by atoms with van der Waals surface area (Å²) < 4.78 is 5.89. The fraction of sp³-hybridized carbons (Fsp3) is 0.316. The summed E-state index contributed by atoms with van der Waals surface area (Å²) >= 11 is 0. The minimum absolute atomic E-state index is 0.0382. The van der Waals surface area contributed by atoms with E-state index in [2.05, 4.69) is 19.1 Å². The van der Waals surface area contributed by atoms with Crippen LogP contribution in [0.25, 0.3) is 0 Å². The Kier molecular flexibility index (Phi) is 4.25. The fourth-order valence-corrected chi connectivity index (χ4v) is 2.93. The number of rotatable bonds is 2. The van der Waals surface area contributed by atoms with Crippen LogP contribution in [0, 0.1) is 13.8 Å². The van der Waals surface area contributed by atoms with E-state index in [9.17, 15) is 4.79 Å². The summed E-state index contributed by atoms with van der Waals surface area (Å²) in [5, 5.41) is 0. The van der Waals surface area contributed by atoms with Crippen molar-refractivity contribution in [1.29, 1.82) is 0 Å². The van der Waals surface area contributed by atoms with Crippen molar-refractivity contribution in [2.45, 2.75) is 20.0 Å². The van der Waals surface area contributed by atoms with Gasteiger partial charge in [-0.1, -0.05) is 42.0 Å². The largest absolute Gasteiger partial charge is 0.370 e. The Hall–Kier alpha value is -2.13. The summed E-state index contributed by atoms with van der Waals surface area (Å²) in [5.41, 5.74) is 4.24. The molecule has 0 bridgehead atoms. The monoisotopic (exact) mass is 295 g/mol. The van der Waals surface area contributed by atoms with E-state index in [0.717, 1.165) is 11.1 Å². The lowest BCUT2D eigenvalue weighted by molar-refractivity contribution is -0.0230. The molecular weight excluding hydrogens is 274 g/mol. The molecule has 1 fully saturated rings. The van der Waals surface area contributed by atoms with Gasteiger partial charge in [-0.05, 0) is 37.1 Å². The van der Waals surface area contributed by atoms with Crippen LogP contribution in [0.15, 0.2) is 48.5 Å². The average Bonchev–Trinajstić information content (AvgIpc) is 2.55. The second-order valence-electron chi connectivity index (χ2n) is 5.84. The number of amides is 1. The molecule has 0 saturated carbocycles. The molecule has 1 unspecified atom stereocenters. The highest BCUT2D eigenvalue weighted by atomic mass is 16.5. The first-order valence-corrected chi connectivity index (χ1v) is 7.68. The normalized spacial score (nSPS) is 18.3. The van der Waals surface area contributed by atoms with Gasteiger partial charge < -0.3 is 9.64 Å². The highest BCUT2D eigenvalue weighted by molar-refractivity contribution is 5.94. The molecule has 2 aromatic carbocycles. The number of aryl methyl sites for hydroxylation is 2. The van der Waals surface area contributed by atoms with Gasteiger partial charge in [0.15, 0.2) is 0 Å². The Bertz CT molecular complexity index is 681. The third-order valence-electron chi connectivity index (χ3n) is 4.15. The lowest BCUT2D eigenvalue weighted by Gasteiger charge is -2.34. The number of carbonyl (C=O) groups is 1. The maximum atomic E-state index is 12.7. The van der Waals surface area contributed by atoms with Crippen LogP contribution >= 0.6 is 0 Å². The third kappa shape index (κ3) is 3.04. The van der Waals surface area contributed by atoms with Crippen molar-refractivity contribution in [2.75, 3.05) is 19.7 Å². The molecule has 1 heterocycles. The summed E-state index contributed by atoms with van der Waals surface area (Å²) in [4.78, 5) is 14.6. The molecule has 1 aliphatic rings.